The highest BCUT2D eigenvalue weighted by Gasteiger charge is 2.20. The van der Waals surface area contributed by atoms with Crippen LogP contribution in [0.15, 0.2) is 38.9 Å². The topological polar surface area (TPSA) is 157 Å². The summed E-state index contributed by atoms with van der Waals surface area (Å²) >= 11 is 0. The van der Waals surface area contributed by atoms with E-state index in [1.54, 1.807) is 6.20 Å². The minimum absolute atomic E-state index is 0.0855. The van der Waals surface area contributed by atoms with Gasteiger partial charge < -0.3 is 35.7 Å². The Labute approximate surface area is 194 Å². The fourth-order valence-electron chi connectivity index (χ4n) is 3.06. The molecule has 11 nitrogen and oxygen atoms in total. The number of anilines is 2. The van der Waals surface area contributed by atoms with Crippen molar-refractivity contribution in [1.82, 2.24) is 10.1 Å². The molecule has 33 heavy (non-hydrogen) atoms. The van der Waals surface area contributed by atoms with Crippen molar-refractivity contribution >= 4 is 30.1 Å². The van der Waals surface area contributed by atoms with Gasteiger partial charge in [-0.2, -0.15) is 0 Å². The van der Waals surface area contributed by atoms with Crippen LogP contribution < -0.4 is 26.4 Å². The van der Waals surface area contributed by atoms with Gasteiger partial charge in [-0.3, -0.25) is 4.99 Å². The normalized spacial score (nSPS) is 13.3. The maximum Gasteiger partial charge on any atom is 0.215 e. The Kier molecular flexibility index (Phi) is 9.80. The molecule has 11 heteroatoms. The SMILES string of the molecule is C=O.CC(C)(C)c1cc(NCCN(CCN)c2ncccc2OCC2=NC(N)=NCC2)no1. The number of hydrogen-bond donors (Lipinski definition) is 3. The van der Waals surface area contributed by atoms with Gasteiger partial charge in [0.05, 0.1) is 5.71 Å². The number of hydrogen-bond acceptors (Lipinski definition) is 11. The molecule has 2 aromatic rings. The van der Waals surface area contributed by atoms with Crippen LogP contribution in [-0.2, 0) is 10.2 Å². The van der Waals surface area contributed by atoms with Gasteiger partial charge in [-0.1, -0.05) is 25.9 Å². The maximum absolute atomic E-state index is 8.00. The highest BCUT2D eigenvalue weighted by atomic mass is 16.5. The first-order chi connectivity index (χ1) is 15.9. The molecule has 0 saturated heterocycles. The van der Waals surface area contributed by atoms with E-state index in [9.17, 15) is 0 Å². The third kappa shape index (κ3) is 7.86. The minimum Gasteiger partial charge on any atom is -0.484 e. The maximum atomic E-state index is 8.00. The van der Waals surface area contributed by atoms with Crippen molar-refractivity contribution in [3.8, 4) is 5.75 Å². The molecule has 180 valence electrons. The molecule has 3 heterocycles. The van der Waals surface area contributed by atoms with Crippen LogP contribution in [0.25, 0.3) is 0 Å². The van der Waals surface area contributed by atoms with Crippen LogP contribution >= 0.6 is 0 Å². The van der Waals surface area contributed by atoms with Crippen molar-refractivity contribution in [2.45, 2.75) is 32.6 Å². The van der Waals surface area contributed by atoms with Gasteiger partial charge in [-0.25, -0.2) is 9.98 Å². The molecule has 2 aromatic heterocycles. The molecule has 0 fully saturated rings. The van der Waals surface area contributed by atoms with Crippen LogP contribution in [0.3, 0.4) is 0 Å². The first-order valence-corrected chi connectivity index (χ1v) is 10.8. The molecule has 0 spiro atoms. The molecule has 1 aliphatic heterocycles. The van der Waals surface area contributed by atoms with E-state index in [0.29, 0.717) is 56.9 Å². The Morgan fingerprint density at radius 3 is 2.76 bits per heavy atom. The lowest BCUT2D eigenvalue weighted by molar-refractivity contribution is -0.0979. The van der Waals surface area contributed by atoms with E-state index < -0.39 is 0 Å². The standard InChI is InChI=1S/C21H32N8O2.CH2O/c1-21(2,3)17-13-18(28-31-17)24-10-12-29(11-7-22)19-16(5-4-8-25-19)30-14-15-6-9-26-20(23)27-15;1-2/h4-5,8,13H,6-7,9-12,14,22H2,1-3H3,(H2,23,26)(H,24,28);1H2. The van der Waals surface area contributed by atoms with E-state index in [0.717, 1.165) is 23.7 Å². The predicted molar refractivity (Wildman–Crippen MR) is 130 cm³/mol. The number of nitrogens with zero attached hydrogens (tertiary/aromatic N) is 5. The van der Waals surface area contributed by atoms with Crippen LogP contribution in [0.1, 0.15) is 33.0 Å². The van der Waals surface area contributed by atoms with Gasteiger partial charge in [0.15, 0.2) is 17.4 Å². The van der Waals surface area contributed by atoms with Crippen LogP contribution in [-0.4, -0.2) is 67.9 Å². The summed E-state index contributed by atoms with van der Waals surface area (Å²) in [6, 6.07) is 5.68. The van der Waals surface area contributed by atoms with Crippen LogP contribution in [0, 0.1) is 0 Å². The molecule has 0 aromatic carbocycles. The molecule has 0 amide bonds. The fourth-order valence-corrected chi connectivity index (χ4v) is 3.06. The Bertz CT molecular complexity index is 936. The van der Waals surface area contributed by atoms with Crippen molar-refractivity contribution in [2.24, 2.45) is 21.5 Å². The smallest absolute Gasteiger partial charge is 0.215 e. The highest BCUT2D eigenvalue weighted by Crippen LogP contribution is 2.26. The predicted octanol–water partition coefficient (Wildman–Crippen LogP) is 1.60. The summed E-state index contributed by atoms with van der Waals surface area (Å²) in [5.41, 5.74) is 12.3. The van der Waals surface area contributed by atoms with Gasteiger partial charge >= 0.3 is 0 Å². The Morgan fingerprint density at radius 1 is 1.30 bits per heavy atom. The van der Waals surface area contributed by atoms with Crippen LogP contribution in [0.2, 0.25) is 0 Å². The van der Waals surface area contributed by atoms with Crippen molar-refractivity contribution in [3.63, 3.8) is 0 Å². The summed E-state index contributed by atoms with van der Waals surface area (Å²) in [5.74, 6) is 3.27. The number of nitrogens with one attached hydrogen (secondary N) is 1. The van der Waals surface area contributed by atoms with Crippen molar-refractivity contribution in [3.05, 3.63) is 30.2 Å². The van der Waals surface area contributed by atoms with Gasteiger partial charge in [0, 0.05) is 56.8 Å². The average molecular weight is 459 g/mol. The molecule has 0 bridgehead atoms. The first-order valence-electron chi connectivity index (χ1n) is 10.8. The van der Waals surface area contributed by atoms with Crippen LogP contribution in [0.4, 0.5) is 11.6 Å². The Morgan fingerprint density at radius 2 is 2.09 bits per heavy atom. The second kappa shape index (κ2) is 12.5. The molecular formula is C22H34N8O3. The zero-order chi connectivity index (χ0) is 24.3. The summed E-state index contributed by atoms with van der Waals surface area (Å²) in [7, 11) is 0. The quantitative estimate of drug-likeness (QED) is 0.481. The largest absolute Gasteiger partial charge is 0.484 e. The Hall–Kier alpha value is -3.47. The number of carbonyl (C=O) groups is 1. The van der Waals surface area contributed by atoms with Gasteiger partial charge in [-0.05, 0) is 12.1 Å². The third-order valence-corrected chi connectivity index (χ3v) is 4.73. The number of pyridine rings is 1. The number of carbonyl (C=O) groups excluding carboxylic acids is 1. The number of aromatic nitrogens is 2. The molecule has 3 rings (SSSR count). The molecule has 0 radical (unpaired) electrons. The second-order valence-corrected chi connectivity index (χ2v) is 8.31. The number of rotatable bonds is 10. The van der Waals surface area contributed by atoms with Crippen molar-refractivity contribution < 1.29 is 14.1 Å². The third-order valence-electron chi connectivity index (χ3n) is 4.73. The summed E-state index contributed by atoms with van der Waals surface area (Å²) in [6.45, 7) is 11.7. The van der Waals surface area contributed by atoms with E-state index in [-0.39, 0.29) is 5.41 Å². The monoisotopic (exact) mass is 458 g/mol. The van der Waals surface area contributed by atoms with E-state index >= 15 is 0 Å². The second-order valence-electron chi connectivity index (χ2n) is 8.31. The summed E-state index contributed by atoms with van der Waals surface area (Å²) < 4.78 is 11.5. The molecule has 0 aliphatic carbocycles. The molecule has 5 N–H and O–H groups in total. The number of ether oxygens (including phenoxy) is 1. The van der Waals surface area contributed by atoms with Gasteiger partial charge in [-0.15, -0.1) is 0 Å². The minimum atomic E-state index is -0.0855. The fraction of sp³-hybridized carbons (Fsp3) is 0.500. The van der Waals surface area contributed by atoms with E-state index in [1.807, 2.05) is 25.0 Å². The van der Waals surface area contributed by atoms with E-state index in [4.69, 9.17) is 25.5 Å². The summed E-state index contributed by atoms with van der Waals surface area (Å²) in [6.07, 6.45) is 2.48. The van der Waals surface area contributed by atoms with Crippen LogP contribution in [0.5, 0.6) is 5.75 Å². The van der Waals surface area contributed by atoms with Gasteiger partial charge in [0.2, 0.25) is 5.96 Å². The summed E-state index contributed by atoms with van der Waals surface area (Å²) in [5, 5.41) is 7.40. The lowest BCUT2D eigenvalue weighted by Gasteiger charge is -2.25. The summed E-state index contributed by atoms with van der Waals surface area (Å²) in [4.78, 5) is 22.9. The van der Waals surface area contributed by atoms with Crippen molar-refractivity contribution in [1.29, 1.82) is 0 Å². The molecule has 0 atom stereocenters. The first kappa shape index (κ1) is 25.8. The van der Waals surface area contributed by atoms with E-state index in [2.05, 4.69) is 51.1 Å². The lowest BCUT2D eigenvalue weighted by atomic mass is 9.93. The molecule has 0 saturated carbocycles. The zero-order valence-corrected chi connectivity index (χ0v) is 19.6. The molecule has 1 aliphatic rings. The van der Waals surface area contributed by atoms with E-state index in [1.165, 1.54) is 0 Å². The van der Waals surface area contributed by atoms with Gasteiger partial charge in [0.1, 0.15) is 19.2 Å². The van der Waals surface area contributed by atoms with Crippen molar-refractivity contribution in [2.75, 3.05) is 49.5 Å². The Balaban J connectivity index is 0.00000187. The average Bonchev–Trinajstić information content (AvgIpc) is 3.28. The highest BCUT2D eigenvalue weighted by molar-refractivity contribution is 5.99. The lowest BCUT2D eigenvalue weighted by Crippen LogP contribution is -2.34. The number of guanidine groups is 1. The molecule has 0 unspecified atom stereocenters. The zero-order valence-electron chi connectivity index (χ0n) is 19.6. The molecular weight excluding hydrogens is 424 g/mol. The number of aliphatic imine (C=N–C) groups is 2. The van der Waals surface area contributed by atoms with Gasteiger partial charge in [0.25, 0.3) is 0 Å². The number of nitrogens with two attached hydrogens (primary N) is 2.